The third kappa shape index (κ3) is 4.59. The van der Waals surface area contributed by atoms with Crippen LogP contribution in [0.5, 0.6) is 11.5 Å². The standard InChI is InChI=1S/C18H22N4O3/c1-2-3-4-7-19-18-20-11-13(12-21-18)17(23)22-14-5-6-15-16(10-14)25-9-8-24-15/h5-6,10-12H,2-4,7-9H2,1H3,(H,22,23)(H,19,20,21). The number of amides is 1. The van der Waals surface area contributed by atoms with Crippen LogP contribution in [0.2, 0.25) is 0 Å². The van der Waals surface area contributed by atoms with Crippen LogP contribution in [0.25, 0.3) is 0 Å². The Morgan fingerprint density at radius 1 is 1.12 bits per heavy atom. The Labute approximate surface area is 146 Å². The maximum Gasteiger partial charge on any atom is 0.258 e. The average molecular weight is 342 g/mol. The van der Waals surface area contributed by atoms with Gasteiger partial charge in [-0.3, -0.25) is 4.79 Å². The maximum atomic E-state index is 12.3. The van der Waals surface area contributed by atoms with Crippen molar-refractivity contribution in [3.8, 4) is 11.5 Å². The molecule has 3 rings (SSSR count). The minimum Gasteiger partial charge on any atom is -0.486 e. The number of anilines is 2. The lowest BCUT2D eigenvalue weighted by molar-refractivity contribution is 0.102. The van der Waals surface area contributed by atoms with E-state index in [9.17, 15) is 4.79 Å². The highest BCUT2D eigenvalue weighted by atomic mass is 16.6. The van der Waals surface area contributed by atoms with Gasteiger partial charge in [0.25, 0.3) is 5.91 Å². The van der Waals surface area contributed by atoms with E-state index in [4.69, 9.17) is 9.47 Å². The molecule has 0 saturated carbocycles. The van der Waals surface area contributed by atoms with Gasteiger partial charge in [0.05, 0.1) is 5.56 Å². The first-order valence-electron chi connectivity index (χ1n) is 8.53. The fourth-order valence-electron chi connectivity index (χ4n) is 2.44. The van der Waals surface area contributed by atoms with Crippen molar-refractivity contribution in [1.82, 2.24) is 9.97 Å². The van der Waals surface area contributed by atoms with Crippen LogP contribution in [0.1, 0.15) is 36.5 Å². The molecule has 1 aromatic heterocycles. The summed E-state index contributed by atoms with van der Waals surface area (Å²) < 4.78 is 11.0. The monoisotopic (exact) mass is 342 g/mol. The van der Waals surface area contributed by atoms with E-state index in [-0.39, 0.29) is 5.91 Å². The van der Waals surface area contributed by atoms with E-state index < -0.39 is 0 Å². The molecule has 1 aliphatic heterocycles. The number of hydrogen-bond acceptors (Lipinski definition) is 6. The van der Waals surface area contributed by atoms with E-state index in [1.54, 1.807) is 18.2 Å². The second-order valence-electron chi connectivity index (χ2n) is 5.74. The van der Waals surface area contributed by atoms with Crippen LogP contribution in [-0.2, 0) is 0 Å². The van der Waals surface area contributed by atoms with Gasteiger partial charge < -0.3 is 20.1 Å². The molecule has 25 heavy (non-hydrogen) atoms. The number of rotatable bonds is 7. The Morgan fingerprint density at radius 2 is 1.88 bits per heavy atom. The zero-order valence-corrected chi connectivity index (χ0v) is 14.2. The number of hydrogen-bond donors (Lipinski definition) is 2. The van der Waals surface area contributed by atoms with Crippen LogP contribution >= 0.6 is 0 Å². The summed E-state index contributed by atoms with van der Waals surface area (Å²) in [6, 6.07) is 5.30. The normalized spacial score (nSPS) is 12.5. The lowest BCUT2D eigenvalue weighted by Gasteiger charge is -2.19. The smallest absolute Gasteiger partial charge is 0.258 e. The molecule has 132 valence electrons. The second-order valence-corrected chi connectivity index (χ2v) is 5.74. The molecule has 0 unspecified atom stereocenters. The van der Waals surface area contributed by atoms with Crippen molar-refractivity contribution in [3.63, 3.8) is 0 Å². The van der Waals surface area contributed by atoms with E-state index >= 15 is 0 Å². The van der Waals surface area contributed by atoms with Crippen LogP contribution in [0.15, 0.2) is 30.6 Å². The molecular weight excluding hydrogens is 320 g/mol. The lowest BCUT2D eigenvalue weighted by atomic mass is 10.2. The highest BCUT2D eigenvalue weighted by molar-refractivity contribution is 6.04. The number of unbranched alkanes of at least 4 members (excludes halogenated alkanes) is 2. The first-order valence-corrected chi connectivity index (χ1v) is 8.53. The molecular formula is C18H22N4O3. The van der Waals surface area contributed by atoms with Crippen LogP contribution in [0.3, 0.4) is 0 Å². The van der Waals surface area contributed by atoms with Gasteiger partial charge in [-0.05, 0) is 18.6 Å². The molecule has 7 heteroatoms. The van der Waals surface area contributed by atoms with Crippen LogP contribution in [0, 0.1) is 0 Å². The molecule has 2 heterocycles. The zero-order valence-electron chi connectivity index (χ0n) is 14.2. The van der Waals surface area contributed by atoms with Gasteiger partial charge in [-0.15, -0.1) is 0 Å². The molecule has 0 fully saturated rings. The molecule has 1 aliphatic rings. The van der Waals surface area contributed by atoms with Crippen LogP contribution in [-0.4, -0.2) is 35.6 Å². The minimum absolute atomic E-state index is 0.269. The largest absolute Gasteiger partial charge is 0.486 e. The Morgan fingerprint density at radius 3 is 2.64 bits per heavy atom. The van der Waals surface area contributed by atoms with Gasteiger partial charge in [0.2, 0.25) is 5.95 Å². The van der Waals surface area contributed by atoms with Gasteiger partial charge in [-0.25, -0.2) is 9.97 Å². The summed E-state index contributed by atoms with van der Waals surface area (Å²) >= 11 is 0. The van der Waals surface area contributed by atoms with Gasteiger partial charge in [0.1, 0.15) is 13.2 Å². The summed E-state index contributed by atoms with van der Waals surface area (Å²) in [5, 5.41) is 5.96. The van der Waals surface area contributed by atoms with Gasteiger partial charge in [-0.2, -0.15) is 0 Å². The zero-order chi connectivity index (χ0) is 17.5. The van der Waals surface area contributed by atoms with E-state index in [0.29, 0.717) is 41.9 Å². The first kappa shape index (κ1) is 17.0. The third-order valence-corrected chi connectivity index (χ3v) is 3.78. The molecule has 1 aromatic carbocycles. The Balaban J connectivity index is 1.57. The van der Waals surface area contributed by atoms with Crippen LogP contribution < -0.4 is 20.1 Å². The van der Waals surface area contributed by atoms with Crippen LogP contribution in [0.4, 0.5) is 11.6 Å². The number of carbonyl (C=O) groups excluding carboxylic acids is 1. The number of benzene rings is 1. The summed E-state index contributed by atoms with van der Waals surface area (Å²) in [5.41, 5.74) is 1.03. The lowest BCUT2D eigenvalue weighted by Crippen LogP contribution is -2.17. The number of aromatic nitrogens is 2. The quantitative estimate of drug-likeness (QED) is 0.752. The second kappa shape index (κ2) is 8.32. The van der Waals surface area contributed by atoms with Crippen molar-refractivity contribution >= 4 is 17.5 Å². The predicted molar refractivity (Wildman–Crippen MR) is 95.4 cm³/mol. The Kier molecular flexibility index (Phi) is 5.66. The molecule has 1 amide bonds. The van der Waals surface area contributed by atoms with Gasteiger partial charge >= 0.3 is 0 Å². The highest BCUT2D eigenvalue weighted by Crippen LogP contribution is 2.32. The van der Waals surface area contributed by atoms with Crippen molar-refractivity contribution in [2.45, 2.75) is 26.2 Å². The summed E-state index contributed by atoms with van der Waals surface area (Å²) in [4.78, 5) is 20.7. The summed E-state index contributed by atoms with van der Waals surface area (Å²) in [6.45, 7) is 4.03. The topological polar surface area (TPSA) is 85.4 Å². The van der Waals surface area contributed by atoms with Crippen molar-refractivity contribution in [2.75, 3.05) is 30.4 Å². The number of nitrogens with zero attached hydrogens (tertiary/aromatic N) is 2. The van der Waals surface area contributed by atoms with Gasteiger partial charge in [0, 0.05) is 30.7 Å². The van der Waals surface area contributed by atoms with E-state index in [0.717, 1.165) is 13.0 Å². The Hall–Kier alpha value is -2.83. The summed E-state index contributed by atoms with van der Waals surface area (Å²) in [6.07, 6.45) is 6.45. The molecule has 0 aliphatic carbocycles. The van der Waals surface area contributed by atoms with E-state index in [1.165, 1.54) is 25.2 Å². The van der Waals surface area contributed by atoms with Crippen molar-refractivity contribution in [2.24, 2.45) is 0 Å². The number of nitrogens with one attached hydrogen (secondary N) is 2. The summed E-state index contributed by atoms with van der Waals surface area (Å²) in [7, 11) is 0. The van der Waals surface area contributed by atoms with Gasteiger partial charge in [0.15, 0.2) is 11.5 Å². The minimum atomic E-state index is -0.269. The maximum absolute atomic E-state index is 12.3. The van der Waals surface area contributed by atoms with Crippen molar-refractivity contribution in [1.29, 1.82) is 0 Å². The molecule has 0 atom stereocenters. The number of ether oxygens (including phenoxy) is 2. The molecule has 0 saturated heterocycles. The highest BCUT2D eigenvalue weighted by Gasteiger charge is 2.13. The van der Waals surface area contributed by atoms with Crippen molar-refractivity contribution < 1.29 is 14.3 Å². The average Bonchev–Trinajstić information content (AvgIpc) is 2.65. The van der Waals surface area contributed by atoms with E-state index in [1.807, 2.05) is 0 Å². The Bertz CT molecular complexity index is 719. The van der Waals surface area contributed by atoms with Crippen molar-refractivity contribution in [3.05, 3.63) is 36.2 Å². The van der Waals surface area contributed by atoms with Gasteiger partial charge in [-0.1, -0.05) is 19.8 Å². The predicted octanol–water partition coefficient (Wildman–Crippen LogP) is 3.10. The molecule has 0 spiro atoms. The third-order valence-electron chi connectivity index (χ3n) is 3.78. The molecule has 0 radical (unpaired) electrons. The SMILES string of the molecule is CCCCCNc1ncc(C(=O)Nc2ccc3c(c2)OCCO3)cn1. The molecule has 2 N–H and O–H groups in total. The summed E-state index contributed by atoms with van der Waals surface area (Å²) in [5.74, 6) is 1.58. The fourth-order valence-corrected chi connectivity index (χ4v) is 2.44. The van der Waals surface area contributed by atoms with E-state index in [2.05, 4.69) is 27.5 Å². The molecule has 2 aromatic rings. The molecule has 0 bridgehead atoms. The number of carbonyl (C=O) groups is 1. The fraction of sp³-hybridized carbons (Fsp3) is 0.389. The first-order chi connectivity index (χ1) is 12.3. The number of fused-ring (bicyclic) bond motifs is 1. The molecule has 7 nitrogen and oxygen atoms in total.